The van der Waals surface area contributed by atoms with Crippen LogP contribution in [0.2, 0.25) is 0 Å². The lowest BCUT2D eigenvalue weighted by Gasteiger charge is -2.48. The molecule has 3 aromatic carbocycles. The number of hydrogen-bond acceptors (Lipinski definition) is 5. The van der Waals surface area contributed by atoms with E-state index < -0.39 is 24.0 Å². The number of unbranched alkanes of at least 4 members (excludes halogenated alkanes) is 1. The molecule has 0 bridgehead atoms. The standard InChI is InChI=1S/C38H44FNO6/c1-4-6-8-26-13-21-31(22-14-26)40-36(29-15-11-27(12-16-29)9-7-10-32(38(44)45)34(42)5-2)33(37(40)43)23-24-35(46-25(3)41)28-17-19-30(39)20-18-28/h11-22,32-33,35-36H,4-10,23-24H2,1-3H3,(H,44,45). The van der Waals surface area contributed by atoms with Gasteiger partial charge in [0.05, 0.1) is 12.0 Å². The van der Waals surface area contributed by atoms with Crippen LogP contribution in [-0.4, -0.2) is 28.7 Å². The first-order valence-electron chi connectivity index (χ1n) is 16.3. The second-order valence-corrected chi connectivity index (χ2v) is 12.1. The molecule has 4 unspecified atom stereocenters. The molecule has 0 aromatic heterocycles. The number of anilines is 1. The molecule has 1 aliphatic heterocycles. The zero-order valence-corrected chi connectivity index (χ0v) is 26.9. The lowest BCUT2D eigenvalue weighted by atomic mass is 9.78. The first kappa shape index (κ1) is 34.5. The summed E-state index contributed by atoms with van der Waals surface area (Å²) in [6.07, 6.45) is 5.17. The Morgan fingerprint density at radius 2 is 1.48 bits per heavy atom. The Morgan fingerprint density at radius 1 is 0.870 bits per heavy atom. The highest BCUT2D eigenvalue weighted by Crippen LogP contribution is 2.46. The Kier molecular flexibility index (Phi) is 12.2. The van der Waals surface area contributed by atoms with Crippen molar-refractivity contribution in [3.8, 4) is 0 Å². The molecule has 1 fully saturated rings. The summed E-state index contributed by atoms with van der Waals surface area (Å²) >= 11 is 0. The Bertz CT molecular complexity index is 1490. The molecule has 0 radical (unpaired) electrons. The molecule has 4 atom stereocenters. The third kappa shape index (κ3) is 8.68. The number of carboxylic acid groups (broad SMARTS) is 1. The van der Waals surface area contributed by atoms with Gasteiger partial charge in [-0.3, -0.25) is 19.2 Å². The lowest BCUT2D eigenvalue weighted by molar-refractivity contribution is -0.148. The number of ether oxygens (including phenoxy) is 1. The quantitative estimate of drug-likeness (QED) is 0.0924. The summed E-state index contributed by atoms with van der Waals surface area (Å²) in [4.78, 5) is 51.0. The fourth-order valence-corrected chi connectivity index (χ4v) is 6.27. The molecule has 1 heterocycles. The van der Waals surface area contributed by atoms with E-state index in [-0.39, 0.29) is 35.9 Å². The average molecular weight is 630 g/mol. The number of aliphatic carboxylic acids is 1. The molecular formula is C38H44FNO6. The maximum absolute atomic E-state index is 13.7. The first-order chi connectivity index (χ1) is 22.1. The van der Waals surface area contributed by atoms with Gasteiger partial charge in [0.15, 0.2) is 0 Å². The normalized spacial score (nSPS) is 17.2. The summed E-state index contributed by atoms with van der Waals surface area (Å²) in [5.74, 6) is -3.47. The van der Waals surface area contributed by atoms with Crippen LogP contribution < -0.4 is 4.90 Å². The fourth-order valence-electron chi connectivity index (χ4n) is 6.27. The molecule has 1 saturated heterocycles. The topological polar surface area (TPSA) is 101 Å². The van der Waals surface area contributed by atoms with E-state index in [0.717, 1.165) is 36.1 Å². The second-order valence-electron chi connectivity index (χ2n) is 12.1. The number of amides is 1. The van der Waals surface area contributed by atoms with Gasteiger partial charge in [0, 0.05) is 19.0 Å². The van der Waals surface area contributed by atoms with Crippen molar-refractivity contribution in [3.63, 3.8) is 0 Å². The largest absolute Gasteiger partial charge is 0.481 e. The van der Waals surface area contributed by atoms with Crippen molar-refractivity contribution in [1.29, 1.82) is 0 Å². The molecule has 7 nitrogen and oxygen atoms in total. The van der Waals surface area contributed by atoms with Gasteiger partial charge in [-0.25, -0.2) is 4.39 Å². The Balaban J connectivity index is 1.53. The number of ketones is 1. The van der Waals surface area contributed by atoms with Gasteiger partial charge >= 0.3 is 11.9 Å². The van der Waals surface area contributed by atoms with Crippen molar-refractivity contribution >= 4 is 29.3 Å². The summed E-state index contributed by atoms with van der Waals surface area (Å²) < 4.78 is 19.2. The number of carbonyl (C=O) groups is 4. The minimum absolute atomic E-state index is 0.00336. The van der Waals surface area contributed by atoms with Crippen LogP contribution in [-0.2, 0) is 36.8 Å². The highest BCUT2D eigenvalue weighted by Gasteiger charge is 2.48. The van der Waals surface area contributed by atoms with Gasteiger partial charge < -0.3 is 14.7 Å². The molecule has 0 saturated carbocycles. The summed E-state index contributed by atoms with van der Waals surface area (Å²) in [5, 5.41) is 9.43. The number of benzene rings is 3. The first-order valence-corrected chi connectivity index (χ1v) is 16.3. The molecule has 0 spiro atoms. The van der Waals surface area contributed by atoms with Crippen LogP contribution in [0.15, 0.2) is 72.8 Å². The number of hydrogen-bond donors (Lipinski definition) is 1. The van der Waals surface area contributed by atoms with Crippen molar-refractivity contribution in [2.24, 2.45) is 11.8 Å². The van der Waals surface area contributed by atoms with E-state index in [0.29, 0.717) is 37.7 Å². The highest BCUT2D eigenvalue weighted by atomic mass is 19.1. The van der Waals surface area contributed by atoms with Crippen molar-refractivity contribution < 1.29 is 33.4 Å². The number of nitrogens with zero attached hydrogens (tertiary/aromatic N) is 1. The van der Waals surface area contributed by atoms with E-state index in [1.165, 1.54) is 24.6 Å². The number of carboxylic acids is 1. The maximum Gasteiger partial charge on any atom is 0.314 e. The van der Waals surface area contributed by atoms with E-state index in [2.05, 4.69) is 19.1 Å². The number of esters is 1. The predicted molar refractivity (Wildman–Crippen MR) is 175 cm³/mol. The molecule has 46 heavy (non-hydrogen) atoms. The Hall–Kier alpha value is -4.33. The summed E-state index contributed by atoms with van der Waals surface area (Å²) in [6.45, 7) is 5.18. The zero-order valence-electron chi connectivity index (χ0n) is 26.9. The Morgan fingerprint density at radius 3 is 2.04 bits per heavy atom. The monoisotopic (exact) mass is 629 g/mol. The molecule has 1 N–H and O–H groups in total. The molecule has 4 rings (SSSR count). The van der Waals surface area contributed by atoms with E-state index in [1.807, 2.05) is 41.3 Å². The highest BCUT2D eigenvalue weighted by molar-refractivity contribution is 6.03. The van der Waals surface area contributed by atoms with E-state index >= 15 is 0 Å². The Labute approximate surface area is 270 Å². The number of rotatable bonds is 17. The van der Waals surface area contributed by atoms with E-state index in [1.54, 1.807) is 19.1 Å². The van der Waals surface area contributed by atoms with Gasteiger partial charge in [-0.1, -0.05) is 68.8 Å². The molecule has 3 aromatic rings. The smallest absolute Gasteiger partial charge is 0.314 e. The second kappa shape index (κ2) is 16.3. The third-order valence-electron chi connectivity index (χ3n) is 8.85. The van der Waals surface area contributed by atoms with Crippen molar-refractivity contribution in [3.05, 3.63) is 101 Å². The third-order valence-corrected chi connectivity index (χ3v) is 8.85. The fraction of sp³-hybridized carbons (Fsp3) is 0.421. The van der Waals surface area contributed by atoms with Gasteiger partial charge in [-0.05, 0) is 91.5 Å². The molecule has 1 amide bonds. The van der Waals surface area contributed by atoms with Gasteiger partial charge in [0.25, 0.3) is 0 Å². The summed E-state index contributed by atoms with van der Waals surface area (Å²) in [7, 11) is 0. The minimum atomic E-state index is -1.07. The number of β-lactam (4-membered cyclic amide) rings is 1. The number of carbonyl (C=O) groups excluding carboxylic acids is 3. The van der Waals surface area contributed by atoms with Crippen LogP contribution in [0.25, 0.3) is 0 Å². The van der Waals surface area contributed by atoms with Gasteiger partial charge in [-0.15, -0.1) is 0 Å². The van der Waals surface area contributed by atoms with Crippen molar-refractivity contribution in [1.82, 2.24) is 0 Å². The average Bonchev–Trinajstić information content (AvgIpc) is 3.04. The van der Waals surface area contributed by atoms with Crippen LogP contribution in [0.3, 0.4) is 0 Å². The van der Waals surface area contributed by atoms with E-state index in [4.69, 9.17) is 4.74 Å². The molecule has 8 heteroatoms. The summed E-state index contributed by atoms with van der Waals surface area (Å²) in [6, 6.07) is 21.8. The van der Waals surface area contributed by atoms with Crippen LogP contribution >= 0.6 is 0 Å². The van der Waals surface area contributed by atoms with Crippen LogP contribution in [0.4, 0.5) is 10.1 Å². The van der Waals surface area contributed by atoms with Gasteiger partial charge in [0.1, 0.15) is 23.6 Å². The van der Waals surface area contributed by atoms with E-state index in [9.17, 15) is 28.7 Å². The molecule has 1 aliphatic rings. The lowest BCUT2D eigenvalue weighted by Crippen LogP contribution is -2.55. The molecule has 244 valence electrons. The number of halogens is 1. The van der Waals surface area contributed by atoms with Gasteiger partial charge in [-0.2, -0.15) is 0 Å². The molecule has 0 aliphatic carbocycles. The maximum atomic E-state index is 13.7. The van der Waals surface area contributed by atoms with Crippen LogP contribution in [0, 0.1) is 17.7 Å². The summed E-state index contributed by atoms with van der Waals surface area (Å²) in [5.41, 5.74) is 4.72. The van der Waals surface area contributed by atoms with Gasteiger partial charge in [0.2, 0.25) is 5.91 Å². The number of Topliss-reactive ketones (excluding diaryl/α,β-unsaturated/α-hetero) is 1. The SMILES string of the molecule is CCCCc1ccc(N2C(=O)C(CCC(OC(C)=O)c3ccc(F)cc3)C2c2ccc(CCCC(C(=O)O)C(=O)CC)cc2)cc1. The predicted octanol–water partition coefficient (Wildman–Crippen LogP) is 7.96. The van der Waals surface area contributed by atoms with Crippen molar-refractivity contribution in [2.45, 2.75) is 90.7 Å². The van der Waals surface area contributed by atoms with Crippen LogP contribution in [0.5, 0.6) is 0 Å². The van der Waals surface area contributed by atoms with Crippen molar-refractivity contribution in [2.75, 3.05) is 4.90 Å². The molecular weight excluding hydrogens is 585 g/mol. The van der Waals surface area contributed by atoms with Crippen LogP contribution in [0.1, 0.15) is 100 Å². The zero-order chi connectivity index (χ0) is 33.2. The number of aryl methyl sites for hydroxylation is 2. The minimum Gasteiger partial charge on any atom is -0.481 e.